The van der Waals surface area contributed by atoms with Gasteiger partial charge in [-0.3, -0.25) is 9.89 Å². The second-order valence-corrected chi connectivity index (χ2v) is 5.70. The summed E-state index contributed by atoms with van der Waals surface area (Å²) in [6.07, 6.45) is 4.54. The van der Waals surface area contributed by atoms with Crippen LogP contribution in [0, 0.1) is 0 Å². The molecule has 0 radical (unpaired) electrons. The minimum absolute atomic E-state index is 0.0569. The molecule has 1 amide bonds. The van der Waals surface area contributed by atoms with Crippen molar-refractivity contribution in [2.45, 2.75) is 51.7 Å². The van der Waals surface area contributed by atoms with Gasteiger partial charge in [-0.15, -0.1) is 0 Å². The van der Waals surface area contributed by atoms with Crippen LogP contribution in [-0.4, -0.2) is 46.3 Å². The van der Waals surface area contributed by atoms with E-state index in [1.54, 1.807) is 0 Å². The van der Waals surface area contributed by atoms with Gasteiger partial charge in [0.25, 0.3) is 5.91 Å². The van der Waals surface area contributed by atoms with Crippen molar-refractivity contribution < 1.29 is 9.53 Å². The zero-order valence-corrected chi connectivity index (χ0v) is 11.6. The SMILES string of the molecule is CC1CN(C(=O)c2n[nH]c3c2CCCC3)CC(C)O1. The smallest absolute Gasteiger partial charge is 0.274 e. The van der Waals surface area contributed by atoms with E-state index in [0.29, 0.717) is 18.8 Å². The molecule has 104 valence electrons. The average Bonchev–Trinajstić information content (AvgIpc) is 2.80. The molecule has 19 heavy (non-hydrogen) atoms. The third-order valence-electron chi connectivity index (χ3n) is 3.97. The first kappa shape index (κ1) is 12.7. The summed E-state index contributed by atoms with van der Waals surface area (Å²) in [6, 6.07) is 0. The molecule has 1 fully saturated rings. The lowest BCUT2D eigenvalue weighted by atomic mass is 9.95. The molecule has 3 rings (SSSR count). The standard InChI is InChI=1S/C14H21N3O2/c1-9-7-17(8-10(2)19-9)14(18)13-11-5-3-4-6-12(11)15-16-13/h9-10H,3-8H2,1-2H3,(H,15,16). The Morgan fingerprint density at radius 1 is 1.26 bits per heavy atom. The molecule has 1 aromatic heterocycles. The highest BCUT2D eigenvalue weighted by molar-refractivity contribution is 5.94. The van der Waals surface area contributed by atoms with E-state index >= 15 is 0 Å². The number of aromatic amines is 1. The highest BCUT2D eigenvalue weighted by Crippen LogP contribution is 2.24. The summed E-state index contributed by atoms with van der Waals surface area (Å²) in [6.45, 7) is 5.33. The molecule has 2 heterocycles. The number of rotatable bonds is 1. The predicted molar refractivity (Wildman–Crippen MR) is 71.1 cm³/mol. The Bertz CT molecular complexity index is 473. The number of H-pyrrole nitrogens is 1. The Hall–Kier alpha value is -1.36. The second-order valence-electron chi connectivity index (χ2n) is 5.70. The number of amides is 1. The molecule has 1 aromatic rings. The first-order chi connectivity index (χ1) is 9.15. The second kappa shape index (κ2) is 4.96. The number of nitrogens with zero attached hydrogens (tertiary/aromatic N) is 2. The number of fused-ring (bicyclic) bond motifs is 1. The fourth-order valence-electron chi connectivity index (χ4n) is 3.15. The number of carbonyl (C=O) groups excluding carboxylic acids is 1. The number of aromatic nitrogens is 2. The Kier molecular flexibility index (Phi) is 3.31. The Morgan fingerprint density at radius 2 is 1.95 bits per heavy atom. The van der Waals surface area contributed by atoms with Gasteiger partial charge >= 0.3 is 0 Å². The molecule has 5 nitrogen and oxygen atoms in total. The normalized spacial score (nSPS) is 27.2. The van der Waals surface area contributed by atoms with Crippen LogP contribution in [-0.2, 0) is 17.6 Å². The van der Waals surface area contributed by atoms with E-state index in [0.717, 1.165) is 30.5 Å². The molecule has 2 aliphatic rings. The molecule has 1 aliphatic carbocycles. The number of nitrogens with one attached hydrogen (secondary N) is 1. The lowest BCUT2D eigenvalue weighted by Crippen LogP contribution is -2.48. The van der Waals surface area contributed by atoms with E-state index < -0.39 is 0 Å². The fraction of sp³-hybridized carbons (Fsp3) is 0.714. The summed E-state index contributed by atoms with van der Waals surface area (Å²) in [7, 11) is 0. The minimum Gasteiger partial charge on any atom is -0.372 e. The van der Waals surface area contributed by atoms with E-state index in [4.69, 9.17) is 4.74 Å². The van der Waals surface area contributed by atoms with Gasteiger partial charge in [-0.1, -0.05) is 0 Å². The molecule has 1 saturated heterocycles. The van der Waals surface area contributed by atoms with Gasteiger partial charge in [0.05, 0.1) is 12.2 Å². The van der Waals surface area contributed by atoms with Gasteiger partial charge in [0.1, 0.15) is 0 Å². The van der Waals surface area contributed by atoms with Crippen LogP contribution in [0.3, 0.4) is 0 Å². The molecule has 2 atom stereocenters. The first-order valence-electron chi connectivity index (χ1n) is 7.16. The summed E-state index contributed by atoms with van der Waals surface area (Å²) in [5.74, 6) is 0.0569. The van der Waals surface area contributed by atoms with Crippen LogP contribution in [0.1, 0.15) is 48.4 Å². The van der Waals surface area contributed by atoms with Crippen LogP contribution in [0.15, 0.2) is 0 Å². The molecular weight excluding hydrogens is 242 g/mol. The molecule has 0 spiro atoms. The first-order valence-corrected chi connectivity index (χ1v) is 7.16. The lowest BCUT2D eigenvalue weighted by molar-refractivity contribution is -0.0587. The summed E-state index contributed by atoms with van der Waals surface area (Å²) < 4.78 is 5.67. The highest BCUT2D eigenvalue weighted by Gasteiger charge is 2.30. The topological polar surface area (TPSA) is 58.2 Å². The van der Waals surface area contributed by atoms with Crippen molar-refractivity contribution in [3.05, 3.63) is 17.0 Å². The molecule has 1 aliphatic heterocycles. The number of carbonyl (C=O) groups is 1. The highest BCUT2D eigenvalue weighted by atomic mass is 16.5. The Balaban J connectivity index is 1.82. The number of hydrogen-bond acceptors (Lipinski definition) is 3. The van der Waals surface area contributed by atoms with E-state index in [9.17, 15) is 4.79 Å². The van der Waals surface area contributed by atoms with Crippen LogP contribution in [0.2, 0.25) is 0 Å². The molecule has 1 N–H and O–H groups in total. The minimum atomic E-state index is 0.0569. The fourth-order valence-corrected chi connectivity index (χ4v) is 3.15. The Morgan fingerprint density at radius 3 is 2.68 bits per heavy atom. The zero-order chi connectivity index (χ0) is 13.4. The van der Waals surface area contributed by atoms with Crippen molar-refractivity contribution in [3.63, 3.8) is 0 Å². The number of morpholine rings is 1. The van der Waals surface area contributed by atoms with Gasteiger partial charge in [-0.25, -0.2) is 0 Å². The lowest BCUT2D eigenvalue weighted by Gasteiger charge is -2.35. The van der Waals surface area contributed by atoms with Crippen LogP contribution < -0.4 is 0 Å². The third-order valence-corrected chi connectivity index (χ3v) is 3.97. The van der Waals surface area contributed by atoms with Gasteiger partial charge in [0, 0.05) is 24.3 Å². The van der Waals surface area contributed by atoms with E-state index in [1.807, 2.05) is 18.7 Å². The molecule has 0 saturated carbocycles. The summed E-state index contributed by atoms with van der Waals surface area (Å²) >= 11 is 0. The monoisotopic (exact) mass is 263 g/mol. The van der Waals surface area contributed by atoms with E-state index in [2.05, 4.69) is 10.2 Å². The van der Waals surface area contributed by atoms with E-state index in [-0.39, 0.29) is 18.1 Å². The number of hydrogen-bond donors (Lipinski definition) is 1. The molecule has 0 aromatic carbocycles. The van der Waals surface area contributed by atoms with Gasteiger partial charge in [0.15, 0.2) is 5.69 Å². The quantitative estimate of drug-likeness (QED) is 0.836. The van der Waals surface area contributed by atoms with Crippen molar-refractivity contribution in [2.24, 2.45) is 0 Å². The molecule has 0 bridgehead atoms. The maximum absolute atomic E-state index is 12.6. The van der Waals surface area contributed by atoms with Crippen LogP contribution >= 0.6 is 0 Å². The summed E-state index contributed by atoms with van der Waals surface area (Å²) in [5, 5.41) is 7.31. The van der Waals surface area contributed by atoms with Crippen molar-refractivity contribution in [1.29, 1.82) is 0 Å². The van der Waals surface area contributed by atoms with Gasteiger partial charge < -0.3 is 9.64 Å². The average molecular weight is 263 g/mol. The van der Waals surface area contributed by atoms with Crippen molar-refractivity contribution in [3.8, 4) is 0 Å². The van der Waals surface area contributed by atoms with Gasteiger partial charge in [0.2, 0.25) is 0 Å². The summed E-state index contributed by atoms with van der Waals surface area (Å²) in [5.41, 5.74) is 2.93. The molecule has 5 heteroatoms. The summed E-state index contributed by atoms with van der Waals surface area (Å²) in [4.78, 5) is 14.5. The zero-order valence-electron chi connectivity index (χ0n) is 11.6. The maximum atomic E-state index is 12.6. The predicted octanol–water partition coefficient (Wildman–Crippen LogP) is 1.54. The van der Waals surface area contributed by atoms with Crippen LogP contribution in [0.25, 0.3) is 0 Å². The largest absolute Gasteiger partial charge is 0.372 e. The van der Waals surface area contributed by atoms with Crippen molar-refractivity contribution in [1.82, 2.24) is 15.1 Å². The van der Waals surface area contributed by atoms with Gasteiger partial charge in [-0.05, 0) is 39.5 Å². The third kappa shape index (κ3) is 2.39. The van der Waals surface area contributed by atoms with E-state index in [1.165, 1.54) is 6.42 Å². The number of aryl methyl sites for hydroxylation is 1. The van der Waals surface area contributed by atoms with Crippen LogP contribution in [0.4, 0.5) is 0 Å². The molecule has 2 unspecified atom stereocenters. The van der Waals surface area contributed by atoms with Crippen molar-refractivity contribution in [2.75, 3.05) is 13.1 Å². The maximum Gasteiger partial charge on any atom is 0.274 e. The van der Waals surface area contributed by atoms with Gasteiger partial charge in [-0.2, -0.15) is 5.10 Å². The molecular formula is C14H21N3O2. The van der Waals surface area contributed by atoms with Crippen LogP contribution in [0.5, 0.6) is 0 Å². The van der Waals surface area contributed by atoms with Crippen molar-refractivity contribution >= 4 is 5.91 Å². The number of ether oxygens (including phenoxy) is 1. The Labute approximate surface area is 113 Å².